The summed E-state index contributed by atoms with van der Waals surface area (Å²) in [4.78, 5) is 20.9. The van der Waals surface area contributed by atoms with Gasteiger partial charge in [0.1, 0.15) is 5.69 Å². The van der Waals surface area contributed by atoms with Gasteiger partial charge >= 0.3 is 0 Å². The van der Waals surface area contributed by atoms with Gasteiger partial charge in [0.05, 0.1) is 9.88 Å². The van der Waals surface area contributed by atoms with Gasteiger partial charge in [0.2, 0.25) is 0 Å². The maximum absolute atomic E-state index is 13.3. The van der Waals surface area contributed by atoms with Crippen LogP contribution in [-0.2, 0) is 0 Å². The number of fused-ring (bicyclic) bond motifs is 1. The molecule has 1 saturated heterocycles. The van der Waals surface area contributed by atoms with Crippen molar-refractivity contribution in [3.05, 3.63) is 40.0 Å². The second kappa shape index (κ2) is 5.67. The lowest BCUT2D eigenvalue weighted by molar-refractivity contribution is 0.0701. The summed E-state index contributed by atoms with van der Waals surface area (Å²) in [6.07, 6.45) is 2.18. The average molecular weight is 341 g/mol. The van der Waals surface area contributed by atoms with Crippen LogP contribution in [0.4, 0.5) is 0 Å². The largest absolute Gasteiger partial charge is 0.330 e. The minimum Gasteiger partial charge on any atom is -0.330 e. The third-order valence-corrected chi connectivity index (χ3v) is 6.51. The summed E-state index contributed by atoms with van der Waals surface area (Å²) in [5.74, 6) is 0.724. The van der Waals surface area contributed by atoms with Gasteiger partial charge in [0.25, 0.3) is 5.91 Å². The zero-order chi connectivity index (χ0) is 17.0. The smallest absolute Gasteiger partial charge is 0.274 e. The average Bonchev–Trinajstić information content (AvgIpc) is 3.05. The first-order valence-electron chi connectivity index (χ1n) is 8.58. The molecule has 126 valence electrons. The molecule has 1 aliphatic carbocycles. The van der Waals surface area contributed by atoms with Crippen molar-refractivity contribution in [1.29, 1.82) is 0 Å². The Morgan fingerprint density at radius 3 is 2.88 bits per heavy atom. The van der Waals surface area contributed by atoms with Crippen molar-refractivity contribution in [1.82, 2.24) is 9.88 Å². The summed E-state index contributed by atoms with van der Waals surface area (Å²) in [5.41, 5.74) is 10.1. The standard InChI is InChI=1S/C19H23N3OS/c1-10-5-4-6-15(11(10)2)18-17(21-12(3)24-18)19(23)22-14(9-20)7-13-8-16(13)22/h4-6,13-14,16H,7-9,20H2,1-3H3/t13-,14+,16+/m1/s1. The summed E-state index contributed by atoms with van der Waals surface area (Å²) in [7, 11) is 0. The number of benzene rings is 1. The number of hydrogen-bond acceptors (Lipinski definition) is 4. The van der Waals surface area contributed by atoms with Crippen LogP contribution in [0.15, 0.2) is 18.2 Å². The highest BCUT2D eigenvalue weighted by Crippen LogP contribution is 2.48. The monoisotopic (exact) mass is 341 g/mol. The van der Waals surface area contributed by atoms with Gasteiger partial charge in [-0.3, -0.25) is 4.79 Å². The van der Waals surface area contributed by atoms with E-state index in [1.54, 1.807) is 11.3 Å². The third kappa shape index (κ3) is 2.38. The molecule has 2 N–H and O–H groups in total. The van der Waals surface area contributed by atoms with Gasteiger partial charge in [-0.1, -0.05) is 18.2 Å². The molecule has 2 heterocycles. The fourth-order valence-electron chi connectivity index (χ4n) is 3.96. The molecule has 24 heavy (non-hydrogen) atoms. The third-order valence-electron chi connectivity index (χ3n) is 5.50. The number of piperidine rings is 1. The van der Waals surface area contributed by atoms with Crippen molar-refractivity contribution < 1.29 is 4.79 Å². The topological polar surface area (TPSA) is 59.2 Å². The first-order valence-corrected chi connectivity index (χ1v) is 9.39. The second-order valence-corrected chi connectivity index (χ2v) is 8.26. The first-order chi connectivity index (χ1) is 11.5. The minimum absolute atomic E-state index is 0.0655. The van der Waals surface area contributed by atoms with E-state index in [2.05, 4.69) is 37.0 Å². The number of carbonyl (C=O) groups is 1. The van der Waals surface area contributed by atoms with E-state index in [0.29, 0.717) is 24.2 Å². The van der Waals surface area contributed by atoms with Crippen LogP contribution in [0.25, 0.3) is 10.4 Å². The van der Waals surface area contributed by atoms with Crippen LogP contribution < -0.4 is 5.73 Å². The molecule has 1 saturated carbocycles. The highest BCUT2D eigenvalue weighted by Gasteiger charge is 2.54. The van der Waals surface area contributed by atoms with Gasteiger partial charge in [-0.05, 0) is 56.2 Å². The molecule has 0 radical (unpaired) electrons. The number of hydrogen-bond donors (Lipinski definition) is 1. The van der Waals surface area contributed by atoms with Crippen LogP contribution in [0.5, 0.6) is 0 Å². The Kier molecular flexibility index (Phi) is 3.73. The van der Waals surface area contributed by atoms with Crippen LogP contribution in [0.2, 0.25) is 0 Å². The molecule has 4 nitrogen and oxygen atoms in total. The van der Waals surface area contributed by atoms with Crippen LogP contribution in [0.1, 0.15) is 39.5 Å². The van der Waals surface area contributed by atoms with Crippen LogP contribution in [-0.4, -0.2) is 34.4 Å². The SMILES string of the molecule is Cc1nc(C(=O)N2[C@H](CN)C[C@@H]3C[C@@H]32)c(-c2cccc(C)c2C)s1. The molecule has 0 spiro atoms. The van der Waals surface area contributed by atoms with E-state index >= 15 is 0 Å². The molecule has 1 aromatic carbocycles. The van der Waals surface area contributed by atoms with Crippen molar-refractivity contribution >= 4 is 17.2 Å². The van der Waals surface area contributed by atoms with E-state index in [4.69, 9.17) is 5.73 Å². The van der Waals surface area contributed by atoms with E-state index in [-0.39, 0.29) is 11.9 Å². The summed E-state index contributed by atoms with van der Waals surface area (Å²) in [5, 5.41) is 0.935. The number of nitrogens with two attached hydrogens (primary N) is 1. The molecule has 1 aliphatic heterocycles. The molecule has 5 heteroatoms. The quantitative estimate of drug-likeness (QED) is 0.932. The lowest BCUT2D eigenvalue weighted by atomic mass is 10.0. The normalized spacial score (nSPS) is 25.0. The molecule has 2 fully saturated rings. The molecule has 0 unspecified atom stereocenters. The molecular weight excluding hydrogens is 318 g/mol. The molecule has 3 atom stereocenters. The molecular formula is C19H23N3OS. The summed E-state index contributed by atoms with van der Waals surface area (Å²) < 4.78 is 0. The number of likely N-dealkylation sites (tertiary alicyclic amines) is 1. The van der Waals surface area contributed by atoms with Gasteiger partial charge < -0.3 is 10.6 Å². The van der Waals surface area contributed by atoms with Gasteiger partial charge in [0.15, 0.2) is 0 Å². The molecule has 2 aromatic rings. The zero-order valence-corrected chi connectivity index (χ0v) is 15.2. The number of nitrogens with zero attached hydrogens (tertiary/aromatic N) is 2. The second-order valence-electron chi connectivity index (χ2n) is 7.06. The number of amides is 1. The highest BCUT2D eigenvalue weighted by molar-refractivity contribution is 7.15. The Labute approximate surface area is 146 Å². The molecule has 2 aliphatic rings. The van der Waals surface area contributed by atoms with Gasteiger partial charge in [-0.25, -0.2) is 4.98 Å². The minimum atomic E-state index is 0.0655. The fraction of sp³-hybridized carbons (Fsp3) is 0.474. The Hall–Kier alpha value is -1.72. The Morgan fingerprint density at radius 2 is 2.12 bits per heavy atom. The fourth-order valence-corrected chi connectivity index (χ4v) is 4.95. The zero-order valence-electron chi connectivity index (χ0n) is 14.4. The number of carbonyl (C=O) groups excluding carboxylic acids is 1. The number of aromatic nitrogens is 1. The van der Waals surface area contributed by atoms with Crippen LogP contribution in [0.3, 0.4) is 0 Å². The first kappa shape index (κ1) is 15.8. The lowest BCUT2D eigenvalue weighted by Gasteiger charge is -2.26. The van der Waals surface area contributed by atoms with E-state index in [9.17, 15) is 4.79 Å². The predicted molar refractivity (Wildman–Crippen MR) is 97.3 cm³/mol. The Bertz CT molecular complexity index is 813. The number of thiazole rings is 1. The molecule has 0 bridgehead atoms. The molecule has 1 amide bonds. The predicted octanol–water partition coefficient (Wildman–Crippen LogP) is 3.30. The Balaban J connectivity index is 1.77. The number of rotatable bonds is 3. The maximum Gasteiger partial charge on any atom is 0.274 e. The molecule has 4 rings (SSSR count). The van der Waals surface area contributed by atoms with Crippen molar-refractivity contribution in [3.8, 4) is 10.4 Å². The Morgan fingerprint density at radius 1 is 1.33 bits per heavy atom. The van der Waals surface area contributed by atoms with Crippen LogP contribution in [0, 0.1) is 26.7 Å². The van der Waals surface area contributed by atoms with Crippen molar-refractivity contribution in [2.24, 2.45) is 11.7 Å². The van der Waals surface area contributed by atoms with Crippen molar-refractivity contribution in [2.45, 2.75) is 45.7 Å². The maximum atomic E-state index is 13.3. The van der Waals surface area contributed by atoms with Gasteiger partial charge in [-0.15, -0.1) is 11.3 Å². The van der Waals surface area contributed by atoms with Gasteiger partial charge in [-0.2, -0.15) is 0 Å². The summed E-state index contributed by atoms with van der Waals surface area (Å²) in [6.45, 7) is 6.73. The van der Waals surface area contributed by atoms with Crippen LogP contribution >= 0.6 is 11.3 Å². The number of aryl methyl sites for hydroxylation is 2. The van der Waals surface area contributed by atoms with E-state index in [1.807, 2.05) is 11.8 Å². The summed E-state index contributed by atoms with van der Waals surface area (Å²) in [6, 6.07) is 6.81. The summed E-state index contributed by atoms with van der Waals surface area (Å²) >= 11 is 1.61. The lowest BCUT2D eigenvalue weighted by Crippen LogP contribution is -2.42. The van der Waals surface area contributed by atoms with E-state index < -0.39 is 0 Å². The van der Waals surface area contributed by atoms with Gasteiger partial charge in [0, 0.05) is 18.6 Å². The van der Waals surface area contributed by atoms with E-state index in [1.165, 1.54) is 11.1 Å². The van der Waals surface area contributed by atoms with Crippen molar-refractivity contribution in [2.75, 3.05) is 6.54 Å². The molecule has 1 aromatic heterocycles. The highest BCUT2D eigenvalue weighted by atomic mass is 32.1. The van der Waals surface area contributed by atoms with E-state index in [0.717, 1.165) is 28.3 Å². The van der Waals surface area contributed by atoms with Crippen molar-refractivity contribution in [3.63, 3.8) is 0 Å².